The maximum atomic E-state index is 13.2. The zero-order valence-electron chi connectivity index (χ0n) is 14.5. The highest BCUT2D eigenvalue weighted by Gasteiger charge is 2.37. The number of amides is 2. The van der Waals surface area contributed by atoms with Crippen molar-refractivity contribution in [1.82, 2.24) is 4.90 Å². The van der Waals surface area contributed by atoms with Crippen LogP contribution in [-0.2, 0) is 11.0 Å². The van der Waals surface area contributed by atoms with Crippen LogP contribution >= 0.6 is 0 Å². The summed E-state index contributed by atoms with van der Waals surface area (Å²) in [7, 11) is 0. The van der Waals surface area contributed by atoms with Crippen molar-refractivity contribution in [3.8, 4) is 0 Å². The second kappa shape index (κ2) is 7.82. The molecule has 1 aliphatic heterocycles. The minimum absolute atomic E-state index is 0.101. The topological polar surface area (TPSA) is 49.4 Å². The quantitative estimate of drug-likeness (QED) is 0.873. The number of alkyl halides is 3. The van der Waals surface area contributed by atoms with E-state index in [1.807, 2.05) is 6.07 Å². The predicted octanol–water partition coefficient (Wildman–Crippen LogP) is 4.20. The number of nitrogens with zero attached hydrogens (tertiary/aromatic N) is 1. The first-order valence-electron chi connectivity index (χ1n) is 8.67. The third-order valence-electron chi connectivity index (χ3n) is 4.58. The summed E-state index contributed by atoms with van der Waals surface area (Å²) >= 11 is 0. The van der Waals surface area contributed by atoms with Crippen molar-refractivity contribution in [3.63, 3.8) is 0 Å². The average molecular weight is 376 g/mol. The molecule has 1 unspecified atom stereocenters. The first-order valence-corrected chi connectivity index (χ1v) is 8.67. The number of carbonyl (C=O) groups is 2. The monoisotopic (exact) mass is 376 g/mol. The number of benzene rings is 2. The van der Waals surface area contributed by atoms with Crippen LogP contribution in [0.4, 0.5) is 18.9 Å². The number of hydrogen-bond acceptors (Lipinski definition) is 2. The first kappa shape index (κ1) is 18.9. The second-order valence-corrected chi connectivity index (χ2v) is 6.49. The van der Waals surface area contributed by atoms with E-state index in [9.17, 15) is 22.8 Å². The number of rotatable bonds is 3. The van der Waals surface area contributed by atoms with Crippen molar-refractivity contribution in [2.45, 2.75) is 19.0 Å². The smallest absolute Gasteiger partial charge is 0.338 e. The normalized spacial score (nSPS) is 17.4. The summed E-state index contributed by atoms with van der Waals surface area (Å²) in [6.07, 6.45) is -3.46. The van der Waals surface area contributed by atoms with E-state index < -0.39 is 23.6 Å². The van der Waals surface area contributed by atoms with Gasteiger partial charge in [-0.05, 0) is 37.1 Å². The number of likely N-dealkylation sites (tertiary alicyclic amines) is 1. The minimum atomic E-state index is -4.61. The van der Waals surface area contributed by atoms with E-state index in [1.54, 1.807) is 24.3 Å². The lowest BCUT2D eigenvalue weighted by atomic mass is 9.95. The summed E-state index contributed by atoms with van der Waals surface area (Å²) in [6.45, 7) is 0.434. The Morgan fingerprint density at radius 1 is 1.00 bits per heavy atom. The van der Waals surface area contributed by atoms with Gasteiger partial charge in [0.05, 0.1) is 17.0 Å². The summed E-state index contributed by atoms with van der Waals surface area (Å²) in [5.74, 6) is -1.39. The number of nitrogens with one attached hydrogen (secondary N) is 1. The molecule has 0 aliphatic carbocycles. The fourth-order valence-electron chi connectivity index (χ4n) is 3.23. The standard InChI is InChI=1S/C20H19F3N2O2/c21-20(22,23)17-11-5-4-10-16(17)19(27)25-12-6-7-14(13-25)18(26)24-15-8-2-1-3-9-15/h1-5,8-11,14H,6-7,12-13H2,(H,24,26). The molecule has 0 saturated carbocycles. The van der Waals surface area contributed by atoms with Crippen LogP contribution in [0.15, 0.2) is 54.6 Å². The van der Waals surface area contributed by atoms with Crippen LogP contribution in [0, 0.1) is 5.92 Å². The van der Waals surface area contributed by atoms with Crippen LogP contribution in [0.3, 0.4) is 0 Å². The predicted molar refractivity (Wildman–Crippen MR) is 95.1 cm³/mol. The maximum Gasteiger partial charge on any atom is 0.417 e. The maximum absolute atomic E-state index is 13.2. The van der Waals surface area contributed by atoms with Gasteiger partial charge in [-0.25, -0.2) is 0 Å². The van der Waals surface area contributed by atoms with E-state index in [1.165, 1.54) is 23.1 Å². The van der Waals surface area contributed by atoms with Gasteiger partial charge in [0.15, 0.2) is 0 Å². The molecule has 1 fully saturated rings. The molecule has 2 amide bonds. The number of halogens is 3. The third-order valence-corrected chi connectivity index (χ3v) is 4.58. The molecule has 0 spiro atoms. The molecule has 0 bridgehead atoms. The Balaban J connectivity index is 1.73. The summed E-state index contributed by atoms with van der Waals surface area (Å²) in [4.78, 5) is 26.5. The second-order valence-electron chi connectivity index (χ2n) is 6.49. The Morgan fingerprint density at radius 2 is 1.67 bits per heavy atom. The van der Waals surface area contributed by atoms with Crippen molar-refractivity contribution in [3.05, 3.63) is 65.7 Å². The fourth-order valence-corrected chi connectivity index (χ4v) is 3.23. The molecule has 0 radical (unpaired) electrons. The minimum Gasteiger partial charge on any atom is -0.338 e. The van der Waals surface area contributed by atoms with E-state index in [0.29, 0.717) is 25.1 Å². The molecule has 1 heterocycles. The Bertz CT molecular complexity index is 821. The largest absolute Gasteiger partial charge is 0.417 e. The molecule has 3 rings (SSSR count). The molecule has 7 heteroatoms. The van der Waals surface area contributed by atoms with E-state index in [-0.39, 0.29) is 18.0 Å². The van der Waals surface area contributed by atoms with Crippen molar-refractivity contribution >= 4 is 17.5 Å². The number of para-hydroxylation sites is 1. The number of carbonyl (C=O) groups excluding carboxylic acids is 2. The molecule has 4 nitrogen and oxygen atoms in total. The van der Waals surface area contributed by atoms with E-state index >= 15 is 0 Å². The lowest BCUT2D eigenvalue weighted by Crippen LogP contribution is -2.44. The van der Waals surface area contributed by atoms with Crippen LogP contribution in [0.2, 0.25) is 0 Å². The van der Waals surface area contributed by atoms with Crippen molar-refractivity contribution < 1.29 is 22.8 Å². The van der Waals surface area contributed by atoms with E-state index in [4.69, 9.17) is 0 Å². The number of anilines is 1. The third kappa shape index (κ3) is 4.48. The highest BCUT2D eigenvalue weighted by molar-refractivity contribution is 5.97. The van der Waals surface area contributed by atoms with Gasteiger partial charge in [-0.15, -0.1) is 0 Å². The van der Waals surface area contributed by atoms with Crippen LogP contribution < -0.4 is 5.32 Å². The van der Waals surface area contributed by atoms with Gasteiger partial charge in [-0.2, -0.15) is 13.2 Å². The molecule has 1 atom stereocenters. The fraction of sp³-hybridized carbons (Fsp3) is 0.300. The lowest BCUT2D eigenvalue weighted by molar-refractivity contribution is -0.138. The van der Waals surface area contributed by atoms with Crippen LogP contribution in [0.1, 0.15) is 28.8 Å². The molecular weight excluding hydrogens is 357 g/mol. The van der Waals surface area contributed by atoms with Gasteiger partial charge in [0.25, 0.3) is 5.91 Å². The van der Waals surface area contributed by atoms with Gasteiger partial charge in [-0.1, -0.05) is 30.3 Å². The first-order chi connectivity index (χ1) is 12.9. The highest BCUT2D eigenvalue weighted by atomic mass is 19.4. The average Bonchev–Trinajstić information content (AvgIpc) is 2.67. The molecule has 27 heavy (non-hydrogen) atoms. The number of piperidine rings is 1. The van der Waals surface area contributed by atoms with Gasteiger partial charge in [0.1, 0.15) is 0 Å². The van der Waals surface area contributed by atoms with Gasteiger partial charge in [0, 0.05) is 18.8 Å². The van der Waals surface area contributed by atoms with Gasteiger partial charge < -0.3 is 10.2 Å². The summed E-state index contributed by atoms with van der Waals surface area (Å²) in [5, 5.41) is 2.79. The molecule has 1 saturated heterocycles. The molecule has 142 valence electrons. The Kier molecular flexibility index (Phi) is 5.48. The summed E-state index contributed by atoms with van der Waals surface area (Å²) in [6, 6.07) is 13.7. The van der Waals surface area contributed by atoms with Crippen LogP contribution in [-0.4, -0.2) is 29.8 Å². The summed E-state index contributed by atoms with van der Waals surface area (Å²) < 4.78 is 39.6. The number of hydrogen-bond donors (Lipinski definition) is 1. The Morgan fingerprint density at radius 3 is 2.37 bits per heavy atom. The van der Waals surface area contributed by atoms with Crippen molar-refractivity contribution in [1.29, 1.82) is 0 Å². The lowest BCUT2D eigenvalue weighted by Gasteiger charge is -2.32. The van der Waals surface area contributed by atoms with Gasteiger partial charge in [0.2, 0.25) is 5.91 Å². The molecule has 0 aromatic heterocycles. The van der Waals surface area contributed by atoms with Crippen LogP contribution in [0.25, 0.3) is 0 Å². The molecule has 2 aromatic rings. The molecule has 1 N–H and O–H groups in total. The Hall–Kier alpha value is -2.83. The SMILES string of the molecule is O=C(Nc1ccccc1)C1CCCN(C(=O)c2ccccc2C(F)(F)F)C1. The van der Waals surface area contributed by atoms with E-state index in [2.05, 4.69) is 5.32 Å². The molecule has 2 aromatic carbocycles. The van der Waals surface area contributed by atoms with Crippen LogP contribution in [0.5, 0.6) is 0 Å². The molecular formula is C20H19F3N2O2. The van der Waals surface area contributed by atoms with E-state index in [0.717, 1.165) is 6.07 Å². The van der Waals surface area contributed by atoms with Gasteiger partial charge >= 0.3 is 6.18 Å². The van der Waals surface area contributed by atoms with Crippen molar-refractivity contribution in [2.75, 3.05) is 18.4 Å². The van der Waals surface area contributed by atoms with Crippen molar-refractivity contribution in [2.24, 2.45) is 5.92 Å². The summed E-state index contributed by atoms with van der Waals surface area (Å²) in [5.41, 5.74) is -0.687. The molecule has 1 aliphatic rings. The highest BCUT2D eigenvalue weighted by Crippen LogP contribution is 2.33. The van der Waals surface area contributed by atoms with Gasteiger partial charge in [-0.3, -0.25) is 9.59 Å². The zero-order chi connectivity index (χ0) is 19.4. The Labute approximate surface area is 155 Å². The zero-order valence-corrected chi connectivity index (χ0v) is 14.5.